The van der Waals surface area contributed by atoms with Crippen LogP contribution in [0.2, 0.25) is 0 Å². The molecule has 0 bridgehead atoms. The highest BCUT2D eigenvalue weighted by Crippen LogP contribution is 2.48. The van der Waals surface area contributed by atoms with Gasteiger partial charge in [-0.15, -0.1) is 0 Å². The summed E-state index contributed by atoms with van der Waals surface area (Å²) in [4.78, 5) is 48.4. The molecule has 0 rings (SSSR count). The van der Waals surface area contributed by atoms with Gasteiger partial charge in [-0.25, -0.2) is 19.2 Å². The molecule has 0 fully saturated rings. The van der Waals surface area contributed by atoms with Crippen LogP contribution in [0.25, 0.3) is 0 Å². The molecule has 0 spiro atoms. The van der Waals surface area contributed by atoms with Gasteiger partial charge >= 0.3 is 31.5 Å². The van der Waals surface area contributed by atoms with Gasteiger partial charge in [0, 0.05) is 13.1 Å². The molecule has 0 aromatic carbocycles. The molecule has 36 heavy (non-hydrogen) atoms. The zero-order chi connectivity index (χ0) is 27.9. The topological polar surface area (TPSA) is 184 Å². The molecule has 0 aromatic rings. The summed E-state index contributed by atoms with van der Waals surface area (Å²) in [5.41, 5.74) is 0. The molecule has 0 aliphatic carbocycles. The monoisotopic (exact) mass is 543 g/mol. The van der Waals surface area contributed by atoms with Crippen LogP contribution in [0.15, 0.2) is 0 Å². The number of aliphatic hydroxyl groups excluding tert-OH is 2. The summed E-state index contributed by atoms with van der Waals surface area (Å²) >= 11 is 0. The molecular formula is C21H38NO13P. The van der Waals surface area contributed by atoms with Crippen molar-refractivity contribution in [1.29, 1.82) is 0 Å². The van der Waals surface area contributed by atoms with Crippen LogP contribution in [0.4, 0.5) is 0 Å². The molecule has 0 aliphatic heterocycles. The van der Waals surface area contributed by atoms with Gasteiger partial charge < -0.3 is 38.2 Å². The van der Waals surface area contributed by atoms with E-state index in [4.69, 9.17) is 38.2 Å². The lowest BCUT2D eigenvalue weighted by atomic mass is 10.4. The predicted octanol–water partition coefficient (Wildman–Crippen LogP) is 0.223. The Labute approximate surface area is 210 Å². The zero-order valence-electron chi connectivity index (χ0n) is 21.5. The smallest absolute Gasteiger partial charge is 0.347 e. The van der Waals surface area contributed by atoms with E-state index in [2.05, 4.69) is 0 Å². The molecule has 0 heterocycles. The van der Waals surface area contributed by atoms with Crippen LogP contribution in [-0.2, 0) is 51.7 Å². The van der Waals surface area contributed by atoms with E-state index < -0.39 is 55.9 Å². The van der Waals surface area contributed by atoms with E-state index in [1.165, 1.54) is 32.6 Å². The van der Waals surface area contributed by atoms with Crippen LogP contribution in [0, 0.1) is 0 Å². The van der Waals surface area contributed by atoms with Crippen LogP contribution in [-0.4, -0.2) is 109 Å². The third kappa shape index (κ3) is 13.9. The molecule has 4 atom stereocenters. The first-order chi connectivity index (χ1) is 16.8. The second kappa shape index (κ2) is 17.4. The number of esters is 4. The van der Waals surface area contributed by atoms with Crippen molar-refractivity contribution in [1.82, 2.24) is 4.90 Å². The van der Waals surface area contributed by atoms with Crippen molar-refractivity contribution in [3.63, 3.8) is 0 Å². The van der Waals surface area contributed by atoms with Crippen LogP contribution in [0.3, 0.4) is 0 Å². The molecular weight excluding hydrogens is 505 g/mol. The minimum Gasteiger partial charge on any atom is -0.462 e. The Hall–Kier alpha value is -2.09. The van der Waals surface area contributed by atoms with Crippen LogP contribution < -0.4 is 0 Å². The first-order valence-corrected chi connectivity index (χ1v) is 13.2. The van der Waals surface area contributed by atoms with Gasteiger partial charge in [0.25, 0.3) is 0 Å². The van der Waals surface area contributed by atoms with Gasteiger partial charge in [0.15, 0.2) is 12.2 Å². The highest BCUT2D eigenvalue weighted by atomic mass is 31.2. The molecule has 0 saturated heterocycles. The van der Waals surface area contributed by atoms with Crippen molar-refractivity contribution in [3.05, 3.63) is 0 Å². The summed E-state index contributed by atoms with van der Waals surface area (Å²) in [6, 6.07) is 0. The van der Waals surface area contributed by atoms with Gasteiger partial charge in [-0.1, -0.05) is 0 Å². The molecule has 0 aromatic heterocycles. The Kier molecular flexibility index (Phi) is 16.4. The van der Waals surface area contributed by atoms with Gasteiger partial charge in [0.2, 0.25) is 0 Å². The van der Waals surface area contributed by atoms with E-state index in [0.29, 0.717) is 0 Å². The lowest BCUT2D eigenvalue weighted by Crippen LogP contribution is -2.36. The molecule has 0 radical (unpaired) electrons. The van der Waals surface area contributed by atoms with Crippen LogP contribution >= 0.6 is 7.60 Å². The van der Waals surface area contributed by atoms with Crippen molar-refractivity contribution in [2.45, 2.75) is 66.0 Å². The zero-order valence-corrected chi connectivity index (χ0v) is 22.4. The van der Waals surface area contributed by atoms with Crippen molar-refractivity contribution in [2.24, 2.45) is 0 Å². The molecule has 210 valence electrons. The number of rotatable bonds is 18. The second-order valence-corrected chi connectivity index (χ2v) is 9.57. The summed E-state index contributed by atoms with van der Waals surface area (Å²) < 4.78 is 43.2. The fourth-order valence-corrected chi connectivity index (χ4v) is 4.23. The third-order valence-electron chi connectivity index (χ3n) is 4.26. The molecule has 0 amide bonds. The van der Waals surface area contributed by atoms with Gasteiger partial charge in [-0.2, -0.15) is 0 Å². The number of hydrogen-bond donors (Lipinski definition) is 2. The number of ether oxygens (including phenoxy) is 4. The Morgan fingerprint density at radius 1 is 0.722 bits per heavy atom. The van der Waals surface area contributed by atoms with E-state index in [9.17, 15) is 23.7 Å². The van der Waals surface area contributed by atoms with Crippen molar-refractivity contribution in [2.75, 3.05) is 45.8 Å². The number of nitrogens with zero attached hydrogens (tertiary/aromatic N) is 1. The molecule has 0 saturated carbocycles. The highest BCUT2D eigenvalue weighted by molar-refractivity contribution is 7.53. The normalized spacial score (nSPS) is 14.9. The van der Waals surface area contributed by atoms with E-state index in [-0.39, 0.29) is 45.8 Å². The fraction of sp³-hybridized carbons (Fsp3) is 0.810. The average Bonchev–Trinajstić information content (AvgIpc) is 2.78. The van der Waals surface area contributed by atoms with Gasteiger partial charge in [-0.3, -0.25) is 9.46 Å². The summed E-state index contributed by atoms with van der Waals surface area (Å²) in [7, 11) is -3.55. The van der Waals surface area contributed by atoms with Crippen LogP contribution in [0.5, 0.6) is 0 Å². The highest BCUT2D eigenvalue weighted by Gasteiger charge is 2.29. The first kappa shape index (κ1) is 33.9. The Bertz CT molecular complexity index is 702. The van der Waals surface area contributed by atoms with E-state index in [0.717, 1.165) is 0 Å². The lowest BCUT2D eigenvalue weighted by molar-refractivity contribution is -0.172. The largest absolute Gasteiger partial charge is 0.462 e. The van der Waals surface area contributed by atoms with Gasteiger partial charge in [0.1, 0.15) is 31.7 Å². The summed E-state index contributed by atoms with van der Waals surface area (Å²) in [6.45, 7) is 8.11. The van der Waals surface area contributed by atoms with E-state index in [1.54, 1.807) is 13.8 Å². The molecule has 2 N–H and O–H groups in total. The Balaban J connectivity index is 5.03. The Morgan fingerprint density at radius 3 is 1.39 bits per heavy atom. The number of carbonyl (C=O) groups is 4. The SMILES string of the molecule is CCOP(=O)(CN(CCOC(=O)C(C)OC(=O)C(C)O)CCOC(=O)C(C)OC(=O)C(C)O)OCC. The van der Waals surface area contributed by atoms with Crippen molar-refractivity contribution in [3.8, 4) is 0 Å². The van der Waals surface area contributed by atoms with Gasteiger partial charge in [0.05, 0.1) is 13.2 Å². The molecule has 4 unspecified atom stereocenters. The van der Waals surface area contributed by atoms with Crippen LogP contribution in [0.1, 0.15) is 41.5 Å². The van der Waals surface area contributed by atoms with Gasteiger partial charge in [-0.05, 0) is 41.5 Å². The third-order valence-corrected chi connectivity index (χ3v) is 6.31. The molecule has 15 heteroatoms. The predicted molar refractivity (Wildman–Crippen MR) is 124 cm³/mol. The second-order valence-electron chi connectivity index (χ2n) is 7.55. The maximum atomic E-state index is 12.9. The lowest BCUT2D eigenvalue weighted by Gasteiger charge is -2.26. The van der Waals surface area contributed by atoms with Crippen molar-refractivity contribution < 1.29 is 62.0 Å². The van der Waals surface area contributed by atoms with E-state index >= 15 is 0 Å². The number of hydrogen-bond acceptors (Lipinski definition) is 14. The van der Waals surface area contributed by atoms with Crippen molar-refractivity contribution >= 4 is 31.5 Å². The molecule has 14 nitrogen and oxygen atoms in total. The fourth-order valence-electron chi connectivity index (χ4n) is 2.44. The quantitative estimate of drug-likeness (QED) is 0.136. The Morgan fingerprint density at radius 2 is 1.08 bits per heavy atom. The number of aliphatic hydroxyl groups is 2. The minimum atomic E-state index is -3.55. The average molecular weight is 544 g/mol. The minimum absolute atomic E-state index is 0.0249. The molecule has 0 aliphatic rings. The summed E-state index contributed by atoms with van der Waals surface area (Å²) in [5.74, 6) is -3.68. The maximum Gasteiger partial charge on any atom is 0.347 e. The number of carbonyl (C=O) groups excluding carboxylic acids is 4. The maximum absolute atomic E-state index is 12.9. The summed E-state index contributed by atoms with van der Waals surface area (Å²) in [6.07, 6.45) is -5.52. The first-order valence-electron chi connectivity index (χ1n) is 11.5. The van der Waals surface area contributed by atoms with E-state index in [1.807, 2.05) is 0 Å². The standard InChI is InChI=1S/C21H38NO13P/c1-7-32-36(29,33-8-2)13-22(9-11-30-20(27)16(5)34-18(25)14(3)23)10-12-31-21(28)17(6)35-19(26)15(4)24/h14-17,23-24H,7-13H2,1-6H3. The summed E-state index contributed by atoms with van der Waals surface area (Å²) in [5, 5.41) is 18.3.